The molecule has 0 spiro atoms. The van der Waals surface area contributed by atoms with Crippen molar-refractivity contribution in [2.75, 3.05) is 6.54 Å². The number of nitrogens with one attached hydrogen (secondary N) is 1. The van der Waals surface area contributed by atoms with E-state index in [0.29, 0.717) is 0 Å². The van der Waals surface area contributed by atoms with Gasteiger partial charge in [-0.3, -0.25) is 0 Å². The zero-order valence-corrected chi connectivity index (χ0v) is 9.76. The molecule has 0 radical (unpaired) electrons. The van der Waals surface area contributed by atoms with Gasteiger partial charge in [-0.25, -0.2) is 0 Å². The zero-order chi connectivity index (χ0) is 9.97. The van der Waals surface area contributed by atoms with Crippen molar-refractivity contribution in [1.29, 1.82) is 0 Å². The van der Waals surface area contributed by atoms with Crippen molar-refractivity contribution < 1.29 is 0 Å². The monoisotopic (exact) mass is 195 g/mol. The fraction of sp³-hybridized carbons (Fsp3) is 1.00. The lowest BCUT2D eigenvalue weighted by molar-refractivity contribution is 0.273. The molecule has 0 heterocycles. The smallest absolute Gasteiger partial charge is 0.00991 e. The molecule has 2 saturated carbocycles. The summed E-state index contributed by atoms with van der Waals surface area (Å²) >= 11 is 0. The molecule has 1 heteroatoms. The third kappa shape index (κ3) is 2.73. The van der Waals surface area contributed by atoms with Crippen molar-refractivity contribution in [2.45, 2.75) is 58.4 Å². The molecule has 0 amide bonds. The van der Waals surface area contributed by atoms with Crippen LogP contribution in [0, 0.1) is 17.8 Å². The van der Waals surface area contributed by atoms with Gasteiger partial charge in [-0.05, 0) is 43.6 Å². The summed E-state index contributed by atoms with van der Waals surface area (Å²) in [6, 6.07) is 0.886. The van der Waals surface area contributed by atoms with Crippen molar-refractivity contribution in [3.63, 3.8) is 0 Å². The van der Waals surface area contributed by atoms with E-state index in [1.165, 1.54) is 45.1 Å². The van der Waals surface area contributed by atoms with Gasteiger partial charge >= 0.3 is 0 Å². The second-order valence-electron chi connectivity index (χ2n) is 5.56. The maximum absolute atomic E-state index is 3.75. The first-order chi connectivity index (χ1) is 6.79. The van der Waals surface area contributed by atoms with Crippen molar-refractivity contribution >= 4 is 0 Å². The highest BCUT2D eigenvalue weighted by Crippen LogP contribution is 2.34. The summed E-state index contributed by atoms with van der Waals surface area (Å²) in [7, 11) is 0. The Morgan fingerprint density at radius 2 is 2.07 bits per heavy atom. The number of hydrogen-bond donors (Lipinski definition) is 1. The van der Waals surface area contributed by atoms with Gasteiger partial charge in [0.05, 0.1) is 0 Å². The summed E-state index contributed by atoms with van der Waals surface area (Å²) in [5, 5.41) is 3.75. The van der Waals surface area contributed by atoms with Gasteiger partial charge in [0.1, 0.15) is 0 Å². The van der Waals surface area contributed by atoms with E-state index in [-0.39, 0.29) is 0 Å². The second-order valence-corrected chi connectivity index (χ2v) is 5.56. The predicted molar refractivity (Wildman–Crippen MR) is 61.3 cm³/mol. The fourth-order valence-electron chi connectivity index (χ4n) is 3.01. The second kappa shape index (κ2) is 4.65. The minimum atomic E-state index is 0.886. The Labute approximate surface area is 88.7 Å². The first kappa shape index (κ1) is 10.5. The minimum Gasteiger partial charge on any atom is -0.313 e. The Hall–Kier alpha value is -0.0400. The van der Waals surface area contributed by atoms with Crippen LogP contribution in [0.1, 0.15) is 52.4 Å². The van der Waals surface area contributed by atoms with Gasteiger partial charge < -0.3 is 5.32 Å². The lowest BCUT2D eigenvalue weighted by Crippen LogP contribution is -2.28. The van der Waals surface area contributed by atoms with Gasteiger partial charge in [-0.2, -0.15) is 0 Å². The summed E-state index contributed by atoms with van der Waals surface area (Å²) < 4.78 is 0. The average molecular weight is 195 g/mol. The lowest BCUT2D eigenvalue weighted by Gasteiger charge is -2.26. The Bertz CT molecular complexity index is 178. The molecule has 1 nitrogen and oxygen atoms in total. The highest BCUT2D eigenvalue weighted by Gasteiger charge is 2.35. The van der Waals surface area contributed by atoms with Crippen molar-refractivity contribution in [3.05, 3.63) is 0 Å². The fourth-order valence-corrected chi connectivity index (χ4v) is 3.01. The van der Waals surface area contributed by atoms with Crippen LogP contribution < -0.4 is 5.32 Å². The van der Waals surface area contributed by atoms with Crippen LogP contribution in [0.5, 0.6) is 0 Å². The normalized spacial score (nSPS) is 42.4. The van der Waals surface area contributed by atoms with Crippen molar-refractivity contribution in [1.82, 2.24) is 5.32 Å². The van der Waals surface area contributed by atoms with E-state index in [4.69, 9.17) is 0 Å². The quantitative estimate of drug-likeness (QED) is 0.726. The van der Waals surface area contributed by atoms with Crippen LogP contribution >= 0.6 is 0 Å². The summed E-state index contributed by atoms with van der Waals surface area (Å²) in [6.45, 7) is 6.03. The topological polar surface area (TPSA) is 12.0 Å². The molecule has 2 fully saturated rings. The predicted octanol–water partition coefficient (Wildman–Crippen LogP) is 3.20. The van der Waals surface area contributed by atoms with Crippen molar-refractivity contribution in [2.24, 2.45) is 17.8 Å². The Balaban J connectivity index is 1.61. The van der Waals surface area contributed by atoms with Gasteiger partial charge in [0.25, 0.3) is 0 Å². The van der Waals surface area contributed by atoms with Crippen LogP contribution in [-0.2, 0) is 0 Å². The first-order valence-electron chi connectivity index (χ1n) is 6.53. The Kier molecular flexibility index (Phi) is 3.48. The molecule has 0 aromatic heterocycles. The third-order valence-corrected chi connectivity index (χ3v) is 4.16. The molecule has 0 aromatic carbocycles. The summed E-state index contributed by atoms with van der Waals surface area (Å²) in [6.07, 6.45) is 8.70. The molecule has 82 valence electrons. The van der Waals surface area contributed by atoms with Gasteiger partial charge in [-0.15, -0.1) is 0 Å². The molecule has 4 atom stereocenters. The van der Waals surface area contributed by atoms with Crippen LogP contribution in [-0.4, -0.2) is 12.6 Å². The van der Waals surface area contributed by atoms with Crippen LogP contribution in [0.4, 0.5) is 0 Å². The van der Waals surface area contributed by atoms with E-state index < -0.39 is 0 Å². The molecule has 2 aliphatic carbocycles. The third-order valence-electron chi connectivity index (χ3n) is 4.16. The maximum Gasteiger partial charge on any atom is 0.00991 e. The van der Waals surface area contributed by atoms with Crippen LogP contribution in [0.25, 0.3) is 0 Å². The van der Waals surface area contributed by atoms with Crippen LogP contribution in [0.15, 0.2) is 0 Å². The van der Waals surface area contributed by atoms with Crippen LogP contribution in [0.3, 0.4) is 0 Å². The molecule has 0 aliphatic heterocycles. The van der Waals surface area contributed by atoms with E-state index in [0.717, 1.165) is 23.8 Å². The summed E-state index contributed by atoms with van der Waals surface area (Å²) in [5.74, 6) is 2.98. The van der Waals surface area contributed by atoms with Gasteiger partial charge in [0, 0.05) is 6.04 Å². The Morgan fingerprint density at radius 1 is 1.21 bits per heavy atom. The molecule has 2 rings (SSSR count). The van der Waals surface area contributed by atoms with Crippen LogP contribution in [0.2, 0.25) is 0 Å². The SMILES string of the molecule is CCC1CC1NCC1CCCC(C)C1. The highest BCUT2D eigenvalue weighted by atomic mass is 15.0. The van der Waals surface area contributed by atoms with Gasteiger partial charge in [-0.1, -0.05) is 33.1 Å². The first-order valence-corrected chi connectivity index (χ1v) is 6.53. The van der Waals surface area contributed by atoms with E-state index >= 15 is 0 Å². The zero-order valence-electron chi connectivity index (χ0n) is 9.76. The molecular weight excluding hydrogens is 170 g/mol. The molecule has 2 aliphatic rings. The minimum absolute atomic E-state index is 0.886. The van der Waals surface area contributed by atoms with Gasteiger partial charge in [0.15, 0.2) is 0 Å². The largest absolute Gasteiger partial charge is 0.313 e. The van der Waals surface area contributed by atoms with Crippen molar-refractivity contribution in [3.8, 4) is 0 Å². The maximum atomic E-state index is 3.75. The van der Waals surface area contributed by atoms with E-state index in [1.807, 2.05) is 0 Å². The van der Waals surface area contributed by atoms with E-state index in [2.05, 4.69) is 19.2 Å². The molecule has 14 heavy (non-hydrogen) atoms. The molecule has 1 N–H and O–H groups in total. The number of hydrogen-bond acceptors (Lipinski definition) is 1. The summed E-state index contributed by atoms with van der Waals surface area (Å²) in [4.78, 5) is 0. The Morgan fingerprint density at radius 3 is 2.71 bits per heavy atom. The van der Waals surface area contributed by atoms with Gasteiger partial charge in [0.2, 0.25) is 0 Å². The van der Waals surface area contributed by atoms with E-state index in [9.17, 15) is 0 Å². The lowest BCUT2D eigenvalue weighted by atomic mass is 9.82. The van der Waals surface area contributed by atoms with E-state index in [1.54, 1.807) is 0 Å². The summed E-state index contributed by atoms with van der Waals surface area (Å²) in [5.41, 5.74) is 0. The number of rotatable bonds is 4. The molecule has 0 saturated heterocycles. The molecule has 0 aromatic rings. The average Bonchev–Trinajstić information content (AvgIpc) is 2.93. The molecule has 4 unspecified atom stereocenters. The molecular formula is C13H25N. The standard InChI is InChI=1S/C13H25N/c1-3-12-8-13(12)14-9-11-6-4-5-10(2)7-11/h10-14H,3-9H2,1-2H3. The molecule has 0 bridgehead atoms. The highest BCUT2D eigenvalue weighted by molar-refractivity contribution is 4.92.